The van der Waals surface area contributed by atoms with Crippen LogP contribution in [0.5, 0.6) is 0 Å². The van der Waals surface area contributed by atoms with Gasteiger partial charge in [-0.3, -0.25) is 4.79 Å². The molecule has 5 nitrogen and oxygen atoms in total. The van der Waals surface area contributed by atoms with Crippen molar-refractivity contribution < 1.29 is 18.0 Å². The van der Waals surface area contributed by atoms with E-state index < -0.39 is 11.7 Å². The van der Waals surface area contributed by atoms with Crippen LogP contribution in [0.4, 0.5) is 18.9 Å². The van der Waals surface area contributed by atoms with Gasteiger partial charge in [0.05, 0.1) is 28.0 Å². The van der Waals surface area contributed by atoms with Crippen LogP contribution < -0.4 is 10.2 Å². The van der Waals surface area contributed by atoms with Gasteiger partial charge in [-0.1, -0.05) is 11.8 Å². The molecule has 1 aromatic heterocycles. The molecule has 152 valence electrons. The van der Waals surface area contributed by atoms with Gasteiger partial charge in [-0.25, -0.2) is 4.98 Å². The van der Waals surface area contributed by atoms with Crippen LogP contribution in [-0.2, 0) is 11.0 Å². The number of piperidine rings is 1. The van der Waals surface area contributed by atoms with Gasteiger partial charge in [0.2, 0.25) is 5.91 Å². The minimum atomic E-state index is -4.42. The lowest BCUT2D eigenvalue weighted by atomic mass is 10.0. The van der Waals surface area contributed by atoms with Crippen molar-refractivity contribution in [3.8, 4) is 6.07 Å². The molecule has 2 heterocycles. The number of nitrogens with zero attached hydrogens (tertiary/aromatic N) is 3. The van der Waals surface area contributed by atoms with Crippen molar-refractivity contribution in [1.29, 1.82) is 5.26 Å². The Morgan fingerprint density at radius 2 is 1.90 bits per heavy atom. The zero-order chi connectivity index (χ0) is 20.9. The molecule has 0 bridgehead atoms. The van der Waals surface area contributed by atoms with Crippen molar-refractivity contribution in [1.82, 2.24) is 10.3 Å². The predicted molar refractivity (Wildman–Crippen MR) is 104 cm³/mol. The van der Waals surface area contributed by atoms with Crippen LogP contribution in [0, 0.1) is 11.3 Å². The van der Waals surface area contributed by atoms with Crippen molar-refractivity contribution in [2.75, 3.05) is 23.7 Å². The molecule has 0 radical (unpaired) electrons. The van der Waals surface area contributed by atoms with Crippen molar-refractivity contribution in [3.05, 3.63) is 53.7 Å². The van der Waals surface area contributed by atoms with E-state index in [2.05, 4.69) is 21.3 Å². The minimum absolute atomic E-state index is 0.0679. The molecule has 1 fully saturated rings. The Morgan fingerprint density at radius 1 is 1.21 bits per heavy atom. The summed E-state index contributed by atoms with van der Waals surface area (Å²) < 4.78 is 37.6. The second kappa shape index (κ2) is 9.18. The van der Waals surface area contributed by atoms with E-state index in [9.17, 15) is 18.0 Å². The highest BCUT2D eigenvalue weighted by Gasteiger charge is 2.30. The van der Waals surface area contributed by atoms with Crippen LogP contribution in [0.15, 0.2) is 47.6 Å². The van der Waals surface area contributed by atoms with E-state index in [1.807, 2.05) is 12.1 Å². The Morgan fingerprint density at radius 3 is 2.45 bits per heavy atom. The number of nitrogens with one attached hydrogen (secondary N) is 1. The summed E-state index contributed by atoms with van der Waals surface area (Å²) in [5, 5.41) is 12.2. The number of benzene rings is 1. The molecule has 9 heteroatoms. The third-order valence-corrected chi connectivity index (χ3v) is 5.58. The molecule has 0 unspecified atom stereocenters. The number of carbonyl (C=O) groups excluding carboxylic acids is 1. The summed E-state index contributed by atoms with van der Waals surface area (Å²) in [6.07, 6.45) is -2.04. The largest absolute Gasteiger partial charge is 0.417 e. The predicted octanol–water partition coefficient (Wildman–Crippen LogP) is 3.85. The third kappa shape index (κ3) is 5.87. The molecule has 1 aromatic carbocycles. The molecule has 1 N–H and O–H groups in total. The van der Waals surface area contributed by atoms with Gasteiger partial charge in [0, 0.05) is 31.0 Å². The second-order valence-electron chi connectivity index (χ2n) is 6.66. The SMILES string of the molecule is N#Cc1ccc(N2CCC(NC(=O)CSc3ccc(C(F)(F)F)cn3)CC2)cc1. The number of carbonyl (C=O) groups is 1. The number of hydrogen-bond donors (Lipinski definition) is 1. The van der Waals surface area contributed by atoms with E-state index in [-0.39, 0.29) is 17.7 Å². The zero-order valence-electron chi connectivity index (χ0n) is 15.4. The van der Waals surface area contributed by atoms with Crippen LogP contribution in [0.2, 0.25) is 0 Å². The summed E-state index contributed by atoms with van der Waals surface area (Å²) >= 11 is 1.11. The molecule has 0 aliphatic carbocycles. The van der Waals surface area contributed by atoms with Gasteiger partial charge in [-0.05, 0) is 49.2 Å². The molecule has 1 saturated heterocycles. The molecule has 1 aliphatic rings. The Bertz CT molecular complexity index is 871. The Labute approximate surface area is 170 Å². The van der Waals surface area contributed by atoms with Crippen LogP contribution in [0.3, 0.4) is 0 Å². The number of thioether (sulfide) groups is 1. The first-order valence-electron chi connectivity index (χ1n) is 9.05. The average Bonchev–Trinajstić information content (AvgIpc) is 2.72. The second-order valence-corrected chi connectivity index (χ2v) is 7.65. The zero-order valence-corrected chi connectivity index (χ0v) is 16.3. The van der Waals surface area contributed by atoms with Crippen LogP contribution in [0.25, 0.3) is 0 Å². The summed E-state index contributed by atoms with van der Waals surface area (Å²) in [6, 6.07) is 11.8. The number of halogens is 3. The number of hydrogen-bond acceptors (Lipinski definition) is 5. The van der Waals surface area contributed by atoms with Crippen molar-refractivity contribution in [2.24, 2.45) is 0 Å². The highest BCUT2D eigenvalue weighted by atomic mass is 32.2. The smallest absolute Gasteiger partial charge is 0.371 e. The molecule has 29 heavy (non-hydrogen) atoms. The molecular weight excluding hydrogens is 401 g/mol. The van der Waals surface area contributed by atoms with Crippen LogP contribution in [-0.4, -0.2) is 35.8 Å². The first-order valence-corrected chi connectivity index (χ1v) is 10.0. The highest BCUT2D eigenvalue weighted by molar-refractivity contribution is 7.99. The fraction of sp³-hybridized carbons (Fsp3) is 0.350. The van der Waals surface area contributed by atoms with E-state index in [0.717, 1.165) is 55.6 Å². The number of rotatable bonds is 5. The Hall–Kier alpha value is -2.73. The summed E-state index contributed by atoms with van der Waals surface area (Å²) in [4.78, 5) is 18.1. The quantitative estimate of drug-likeness (QED) is 0.745. The van der Waals surface area contributed by atoms with Gasteiger partial charge in [0.15, 0.2) is 0 Å². The van der Waals surface area contributed by atoms with E-state index in [1.165, 1.54) is 6.07 Å². The van der Waals surface area contributed by atoms with E-state index in [4.69, 9.17) is 5.26 Å². The lowest BCUT2D eigenvalue weighted by Gasteiger charge is -2.34. The van der Waals surface area contributed by atoms with Gasteiger partial charge in [-0.2, -0.15) is 18.4 Å². The fourth-order valence-corrected chi connectivity index (χ4v) is 3.72. The molecule has 0 spiro atoms. The maximum Gasteiger partial charge on any atom is 0.417 e. The summed E-state index contributed by atoms with van der Waals surface area (Å²) in [5.74, 6) is -0.0534. The lowest BCUT2D eigenvalue weighted by molar-refractivity contribution is -0.137. The normalized spacial score (nSPS) is 15.0. The minimum Gasteiger partial charge on any atom is -0.371 e. The number of amides is 1. The van der Waals surface area contributed by atoms with E-state index in [1.54, 1.807) is 12.1 Å². The lowest BCUT2D eigenvalue weighted by Crippen LogP contribution is -2.45. The van der Waals surface area contributed by atoms with Gasteiger partial charge < -0.3 is 10.2 Å². The highest BCUT2D eigenvalue weighted by Crippen LogP contribution is 2.29. The molecular formula is C20H19F3N4OS. The number of anilines is 1. The maximum absolute atomic E-state index is 12.5. The van der Waals surface area contributed by atoms with Gasteiger partial charge in [-0.15, -0.1) is 0 Å². The van der Waals surface area contributed by atoms with Gasteiger partial charge >= 0.3 is 6.18 Å². The standard InChI is InChI=1S/C20H19F3N4OS/c21-20(22,23)15-3-6-19(25-12-15)29-13-18(28)26-16-7-9-27(10-8-16)17-4-1-14(11-24)2-5-17/h1-6,12,16H,7-10,13H2,(H,26,28). The van der Waals surface area contributed by atoms with Crippen LogP contribution >= 0.6 is 11.8 Å². The summed E-state index contributed by atoms with van der Waals surface area (Å²) in [5.41, 5.74) is 0.869. The summed E-state index contributed by atoms with van der Waals surface area (Å²) in [7, 11) is 0. The van der Waals surface area contributed by atoms with Gasteiger partial charge in [0.25, 0.3) is 0 Å². The first kappa shape index (κ1) is 21.0. The maximum atomic E-state index is 12.5. The number of nitriles is 1. The topological polar surface area (TPSA) is 69.0 Å². The van der Waals surface area contributed by atoms with Crippen molar-refractivity contribution in [3.63, 3.8) is 0 Å². The molecule has 2 aromatic rings. The Kier molecular flexibility index (Phi) is 6.64. The number of alkyl halides is 3. The first-order chi connectivity index (χ1) is 13.8. The molecule has 0 atom stereocenters. The monoisotopic (exact) mass is 420 g/mol. The van der Waals surface area contributed by atoms with Crippen molar-refractivity contribution >= 4 is 23.4 Å². The summed E-state index contributed by atoms with van der Waals surface area (Å²) in [6.45, 7) is 1.59. The number of aromatic nitrogens is 1. The third-order valence-electron chi connectivity index (χ3n) is 4.64. The van der Waals surface area contributed by atoms with Gasteiger partial charge in [0.1, 0.15) is 0 Å². The van der Waals surface area contributed by atoms with Crippen molar-refractivity contribution in [2.45, 2.75) is 30.1 Å². The molecule has 0 saturated carbocycles. The Balaban J connectivity index is 1.42. The molecule has 3 rings (SSSR count). The van der Waals surface area contributed by atoms with E-state index >= 15 is 0 Å². The van der Waals surface area contributed by atoms with Crippen LogP contribution in [0.1, 0.15) is 24.0 Å². The molecule has 1 aliphatic heterocycles. The number of pyridine rings is 1. The average molecular weight is 420 g/mol. The van der Waals surface area contributed by atoms with E-state index in [0.29, 0.717) is 10.6 Å². The molecule has 1 amide bonds. The fourth-order valence-electron chi connectivity index (χ4n) is 3.07.